The number of carbonyl (C=O) groups is 1. The van der Waals surface area contributed by atoms with E-state index in [9.17, 15) is 18.0 Å². The number of rotatable bonds is 3. The Morgan fingerprint density at radius 3 is 2.69 bits per heavy atom. The molecule has 1 amide bonds. The molecule has 8 heteroatoms. The predicted molar refractivity (Wildman–Crippen MR) is 93.1 cm³/mol. The Kier molecular flexibility index (Phi) is 5.09. The van der Waals surface area contributed by atoms with E-state index in [4.69, 9.17) is 17.3 Å². The summed E-state index contributed by atoms with van der Waals surface area (Å²) in [6.45, 7) is 0.615. The summed E-state index contributed by atoms with van der Waals surface area (Å²) in [4.78, 5) is 17.4. The number of primary amides is 1. The Bertz CT molecular complexity index is 826. The zero-order chi connectivity index (χ0) is 18.9. The number of hydrogen-bond donors (Lipinski definition) is 1. The van der Waals surface area contributed by atoms with Gasteiger partial charge in [0.1, 0.15) is 5.82 Å². The first kappa shape index (κ1) is 18.5. The third-order valence-corrected chi connectivity index (χ3v) is 4.76. The number of nitrogens with zero attached hydrogens (tertiary/aromatic N) is 2. The smallest absolute Gasteiger partial charge is 0.366 e. The van der Waals surface area contributed by atoms with Crippen molar-refractivity contribution in [3.05, 3.63) is 58.2 Å². The van der Waals surface area contributed by atoms with Crippen molar-refractivity contribution < 1.29 is 18.0 Å². The topological polar surface area (TPSA) is 59.2 Å². The number of aromatic nitrogens is 1. The number of pyridine rings is 1. The highest BCUT2D eigenvalue weighted by molar-refractivity contribution is 6.33. The Labute approximate surface area is 153 Å². The molecule has 1 aliphatic rings. The monoisotopic (exact) mass is 383 g/mol. The van der Waals surface area contributed by atoms with Crippen LogP contribution in [0.15, 0.2) is 36.5 Å². The minimum absolute atomic E-state index is 0.186. The van der Waals surface area contributed by atoms with Gasteiger partial charge in [-0.2, -0.15) is 13.2 Å². The molecule has 2 N–H and O–H groups in total. The van der Waals surface area contributed by atoms with Gasteiger partial charge in [-0.3, -0.25) is 4.79 Å². The lowest BCUT2D eigenvalue weighted by atomic mass is 9.94. The van der Waals surface area contributed by atoms with Gasteiger partial charge in [0.05, 0.1) is 22.2 Å². The van der Waals surface area contributed by atoms with Crippen LogP contribution in [0.5, 0.6) is 0 Å². The minimum Gasteiger partial charge on any atom is -0.366 e. The van der Waals surface area contributed by atoms with Gasteiger partial charge in [0.25, 0.3) is 0 Å². The van der Waals surface area contributed by atoms with Crippen molar-refractivity contribution in [2.75, 3.05) is 11.4 Å². The Morgan fingerprint density at radius 1 is 1.27 bits per heavy atom. The number of carbonyl (C=O) groups excluding carboxylic acids is 1. The third kappa shape index (κ3) is 3.77. The maximum atomic E-state index is 13.0. The Morgan fingerprint density at radius 2 is 2.04 bits per heavy atom. The number of amides is 1. The molecule has 2 aromatic rings. The second-order valence-electron chi connectivity index (χ2n) is 6.22. The van der Waals surface area contributed by atoms with Crippen molar-refractivity contribution in [1.82, 2.24) is 4.98 Å². The molecule has 1 aromatic heterocycles. The predicted octanol–water partition coefficient (Wildman–Crippen LogP) is 4.58. The molecule has 1 aromatic carbocycles. The van der Waals surface area contributed by atoms with E-state index in [1.54, 1.807) is 6.07 Å². The maximum Gasteiger partial charge on any atom is 0.416 e. The van der Waals surface area contributed by atoms with Crippen molar-refractivity contribution in [3.8, 4) is 0 Å². The number of halogens is 4. The quantitative estimate of drug-likeness (QED) is 0.843. The Hall–Kier alpha value is -2.28. The number of benzene rings is 1. The number of hydrogen-bond acceptors (Lipinski definition) is 3. The number of anilines is 1. The van der Waals surface area contributed by atoms with Crippen molar-refractivity contribution in [3.63, 3.8) is 0 Å². The van der Waals surface area contributed by atoms with Crippen LogP contribution in [-0.4, -0.2) is 17.4 Å². The second-order valence-corrected chi connectivity index (χ2v) is 6.63. The molecule has 138 valence electrons. The SMILES string of the molecule is NC(=O)c1cnc(N2CCCCC2c2cccc(C(F)(F)F)c2)c(Cl)c1. The number of nitrogens with two attached hydrogens (primary N) is 1. The molecule has 1 atom stereocenters. The van der Waals surface area contributed by atoms with Crippen molar-refractivity contribution in [1.29, 1.82) is 0 Å². The first-order chi connectivity index (χ1) is 12.3. The van der Waals surface area contributed by atoms with Crippen molar-refractivity contribution in [2.45, 2.75) is 31.5 Å². The van der Waals surface area contributed by atoms with Gasteiger partial charge in [0.15, 0.2) is 0 Å². The summed E-state index contributed by atoms with van der Waals surface area (Å²) in [5, 5.41) is 0.250. The normalized spacial score (nSPS) is 18.0. The highest BCUT2D eigenvalue weighted by atomic mass is 35.5. The van der Waals surface area contributed by atoms with Crippen LogP contribution in [0.25, 0.3) is 0 Å². The fraction of sp³-hybridized carbons (Fsp3) is 0.333. The van der Waals surface area contributed by atoms with E-state index < -0.39 is 17.6 Å². The van der Waals surface area contributed by atoms with E-state index in [1.807, 2.05) is 4.90 Å². The van der Waals surface area contributed by atoms with Gasteiger partial charge < -0.3 is 10.6 Å². The first-order valence-corrected chi connectivity index (χ1v) is 8.54. The summed E-state index contributed by atoms with van der Waals surface area (Å²) >= 11 is 6.27. The van der Waals surface area contributed by atoms with E-state index in [0.29, 0.717) is 24.3 Å². The highest BCUT2D eigenvalue weighted by Gasteiger charge is 2.33. The second kappa shape index (κ2) is 7.15. The lowest BCUT2D eigenvalue weighted by Crippen LogP contribution is -2.34. The molecular formula is C18H17ClF3N3O. The van der Waals surface area contributed by atoms with E-state index in [-0.39, 0.29) is 16.6 Å². The van der Waals surface area contributed by atoms with Gasteiger partial charge in [-0.1, -0.05) is 23.7 Å². The Balaban J connectivity index is 1.98. The molecule has 3 rings (SSSR count). The molecule has 4 nitrogen and oxygen atoms in total. The van der Waals surface area contributed by atoms with Crippen molar-refractivity contribution in [2.24, 2.45) is 5.73 Å². The summed E-state index contributed by atoms with van der Waals surface area (Å²) in [5.74, 6) is -0.196. The largest absolute Gasteiger partial charge is 0.416 e. The van der Waals surface area contributed by atoms with E-state index >= 15 is 0 Å². The van der Waals surface area contributed by atoms with Crippen LogP contribution in [0.3, 0.4) is 0 Å². The van der Waals surface area contributed by atoms with Crippen LogP contribution in [0.4, 0.5) is 19.0 Å². The standard InChI is InChI=1S/C18H17ClF3N3O/c19-14-9-12(16(23)26)10-24-17(14)25-7-2-1-6-15(25)11-4-3-5-13(8-11)18(20,21)22/h3-5,8-10,15H,1-2,6-7H2,(H2,23,26). The summed E-state index contributed by atoms with van der Waals surface area (Å²) in [7, 11) is 0. The summed E-state index contributed by atoms with van der Waals surface area (Å²) in [6.07, 6.45) is -0.591. The fourth-order valence-corrected chi connectivity index (χ4v) is 3.51. The van der Waals surface area contributed by atoms with E-state index in [0.717, 1.165) is 18.9 Å². The van der Waals surface area contributed by atoms with Gasteiger partial charge in [0.2, 0.25) is 5.91 Å². The first-order valence-electron chi connectivity index (χ1n) is 8.16. The van der Waals surface area contributed by atoms with Gasteiger partial charge in [-0.05, 0) is 43.0 Å². The number of alkyl halides is 3. The van der Waals surface area contributed by atoms with Crippen LogP contribution in [0.1, 0.15) is 46.8 Å². The fourth-order valence-electron chi connectivity index (χ4n) is 3.23. The van der Waals surface area contributed by atoms with Gasteiger partial charge >= 0.3 is 6.18 Å². The molecule has 2 heterocycles. The lowest BCUT2D eigenvalue weighted by molar-refractivity contribution is -0.137. The molecule has 0 radical (unpaired) electrons. The molecule has 0 aliphatic carbocycles. The van der Waals surface area contributed by atoms with Crippen molar-refractivity contribution >= 4 is 23.3 Å². The maximum absolute atomic E-state index is 13.0. The third-order valence-electron chi connectivity index (χ3n) is 4.48. The van der Waals surface area contributed by atoms with Crippen LogP contribution < -0.4 is 10.6 Å². The van der Waals surface area contributed by atoms with Crippen LogP contribution in [-0.2, 0) is 6.18 Å². The summed E-state index contributed by atoms with van der Waals surface area (Å²) in [6, 6.07) is 6.50. The van der Waals surface area contributed by atoms with Gasteiger partial charge in [0, 0.05) is 12.7 Å². The average Bonchev–Trinajstić information content (AvgIpc) is 2.61. The molecule has 1 aliphatic heterocycles. The van der Waals surface area contributed by atoms with Crippen LogP contribution in [0.2, 0.25) is 5.02 Å². The molecule has 1 fully saturated rings. The van der Waals surface area contributed by atoms with Gasteiger partial charge in [-0.25, -0.2) is 4.98 Å². The highest BCUT2D eigenvalue weighted by Crippen LogP contribution is 2.39. The van der Waals surface area contributed by atoms with Crippen LogP contribution in [0, 0.1) is 0 Å². The molecule has 26 heavy (non-hydrogen) atoms. The zero-order valence-corrected chi connectivity index (χ0v) is 14.5. The van der Waals surface area contributed by atoms with E-state index in [1.165, 1.54) is 24.4 Å². The van der Waals surface area contributed by atoms with Gasteiger partial charge in [-0.15, -0.1) is 0 Å². The molecule has 1 saturated heterocycles. The molecule has 0 bridgehead atoms. The number of piperidine rings is 1. The zero-order valence-electron chi connectivity index (χ0n) is 13.8. The van der Waals surface area contributed by atoms with E-state index in [2.05, 4.69) is 4.98 Å². The molecule has 0 spiro atoms. The average molecular weight is 384 g/mol. The van der Waals surface area contributed by atoms with Crippen LogP contribution >= 0.6 is 11.6 Å². The summed E-state index contributed by atoms with van der Waals surface area (Å²) < 4.78 is 39.1. The molecular weight excluding hydrogens is 367 g/mol. The minimum atomic E-state index is -4.39. The lowest BCUT2D eigenvalue weighted by Gasteiger charge is -2.37. The molecule has 0 saturated carbocycles. The molecule has 1 unspecified atom stereocenters. The summed E-state index contributed by atoms with van der Waals surface area (Å²) in [5.41, 5.74) is 5.30.